The zero-order chi connectivity index (χ0) is 19.1. The highest BCUT2D eigenvalue weighted by molar-refractivity contribution is 5.79. The van der Waals surface area contributed by atoms with Gasteiger partial charge in [-0.1, -0.05) is 29.8 Å². The van der Waals surface area contributed by atoms with Crippen molar-refractivity contribution in [3.63, 3.8) is 0 Å². The van der Waals surface area contributed by atoms with Crippen LogP contribution < -0.4 is 5.32 Å². The minimum absolute atomic E-state index is 0.0312. The molecule has 2 saturated heterocycles. The number of carbonyl (C=O) groups is 2. The largest absolute Gasteiger partial charge is 0.379 e. The first kappa shape index (κ1) is 19.8. The first-order chi connectivity index (χ1) is 13.1. The third kappa shape index (κ3) is 6.30. The zero-order valence-electron chi connectivity index (χ0n) is 16.2. The molecule has 148 valence electrons. The fourth-order valence-electron chi connectivity index (χ4n) is 3.37. The highest BCUT2D eigenvalue weighted by Gasteiger charge is 2.24. The topological polar surface area (TPSA) is 65.1 Å². The highest BCUT2D eigenvalue weighted by atomic mass is 16.5. The van der Waals surface area contributed by atoms with Gasteiger partial charge in [0.1, 0.15) is 0 Å². The number of hydrogen-bond acceptors (Lipinski definition) is 5. The van der Waals surface area contributed by atoms with Crippen molar-refractivity contribution in [2.24, 2.45) is 0 Å². The first-order valence-electron chi connectivity index (χ1n) is 9.72. The normalized spacial score (nSPS) is 19.1. The number of benzene rings is 1. The van der Waals surface area contributed by atoms with Crippen LogP contribution in [0.1, 0.15) is 11.1 Å². The molecule has 1 aromatic rings. The molecule has 0 bridgehead atoms. The van der Waals surface area contributed by atoms with Crippen LogP contribution in [0.15, 0.2) is 24.3 Å². The van der Waals surface area contributed by atoms with E-state index in [4.69, 9.17) is 4.74 Å². The van der Waals surface area contributed by atoms with E-state index >= 15 is 0 Å². The predicted octanol–water partition coefficient (Wildman–Crippen LogP) is 0.0876. The summed E-state index contributed by atoms with van der Waals surface area (Å²) in [6.07, 6.45) is 0. The maximum atomic E-state index is 12.4. The molecule has 2 heterocycles. The number of aryl methyl sites for hydroxylation is 1. The van der Waals surface area contributed by atoms with E-state index in [1.807, 2.05) is 24.0 Å². The lowest BCUT2D eigenvalue weighted by atomic mass is 10.1. The summed E-state index contributed by atoms with van der Waals surface area (Å²) in [6, 6.07) is 8.17. The molecular weight excluding hydrogens is 344 g/mol. The SMILES string of the molecule is Cc1ccc(CNC(=O)CN2CCN(C(=O)CN3CCOCC3)CC2)cc1. The lowest BCUT2D eigenvalue weighted by Gasteiger charge is -2.36. The third-order valence-corrected chi connectivity index (χ3v) is 5.17. The number of ether oxygens (including phenoxy) is 1. The van der Waals surface area contributed by atoms with E-state index in [0.29, 0.717) is 45.9 Å². The van der Waals surface area contributed by atoms with Gasteiger partial charge in [-0.15, -0.1) is 0 Å². The monoisotopic (exact) mass is 374 g/mol. The van der Waals surface area contributed by atoms with Crippen LogP contribution in [0, 0.1) is 6.92 Å². The summed E-state index contributed by atoms with van der Waals surface area (Å²) in [7, 11) is 0. The molecule has 0 aliphatic carbocycles. The van der Waals surface area contributed by atoms with E-state index in [1.54, 1.807) is 0 Å². The van der Waals surface area contributed by atoms with Crippen LogP contribution in [-0.4, -0.2) is 92.1 Å². The molecule has 2 fully saturated rings. The highest BCUT2D eigenvalue weighted by Crippen LogP contribution is 2.05. The van der Waals surface area contributed by atoms with Gasteiger partial charge in [0.15, 0.2) is 0 Å². The molecule has 7 heteroatoms. The molecule has 0 atom stereocenters. The van der Waals surface area contributed by atoms with Crippen molar-refractivity contribution in [2.45, 2.75) is 13.5 Å². The fourth-order valence-corrected chi connectivity index (χ4v) is 3.37. The van der Waals surface area contributed by atoms with Crippen LogP contribution in [0.3, 0.4) is 0 Å². The van der Waals surface area contributed by atoms with Gasteiger partial charge in [0.2, 0.25) is 11.8 Å². The molecule has 1 N–H and O–H groups in total. The van der Waals surface area contributed by atoms with Crippen LogP contribution in [0.4, 0.5) is 0 Å². The first-order valence-corrected chi connectivity index (χ1v) is 9.72. The second-order valence-electron chi connectivity index (χ2n) is 7.31. The molecule has 27 heavy (non-hydrogen) atoms. The Morgan fingerprint density at radius 2 is 1.56 bits per heavy atom. The molecule has 7 nitrogen and oxygen atoms in total. The molecule has 0 saturated carbocycles. The van der Waals surface area contributed by atoms with Crippen molar-refractivity contribution in [3.05, 3.63) is 35.4 Å². The van der Waals surface area contributed by atoms with Gasteiger partial charge >= 0.3 is 0 Å². The van der Waals surface area contributed by atoms with Crippen molar-refractivity contribution >= 4 is 11.8 Å². The van der Waals surface area contributed by atoms with Gasteiger partial charge in [-0.2, -0.15) is 0 Å². The maximum Gasteiger partial charge on any atom is 0.236 e. The third-order valence-electron chi connectivity index (χ3n) is 5.17. The second-order valence-corrected chi connectivity index (χ2v) is 7.31. The number of piperazine rings is 1. The lowest BCUT2D eigenvalue weighted by Crippen LogP contribution is -2.53. The Labute approximate surface area is 161 Å². The Kier molecular flexibility index (Phi) is 7.20. The van der Waals surface area contributed by atoms with Gasteiger partial charge in [0, 0.05) is 45.8 Å². The number of rotatable bonds is 6. The lowest BCUT2D eigenvalue weighted by molar-refractivity contribution is -0.135. The minimum Gasteiger partial charge on any atom is -0.379 e. The van der Waals surface area contributed by atoms with Gasteiger partial charge in [0.05, 0.1) is 26.3 Å². The molecule has 2 aliphatic heterocycles. The quantitative estimate of drug-likeness (QED) is 0.765. The van der Waals surface area contributed by atoms with Gasteiger partial charge < -0.3 is 15.0 Å². The van der Waals surface area contributed by atoms with E-state index < -0.39 is 0 Å². The summed E-state index contributed by atoms with van der Waals surface area (Å²) in [5.41, 5.74) is 2.32. The predicted molar refractivity (Wildman–Crippen MR) is 103 cm³/mol. The molecule has 0 unspecified atom stereocenters. The minimum atomic E-state index is 0.0312. The Morgan fingerprint density at radius 1 is 0.926 bits per heavy atom. The number of nitrogens with one attached hydrogen (secondary N) is 1. The van der Waals surface area contributed by atoms with E-state index in [2.05, 4.69) is 27.2 Å². The van der Waals surface area contributed by atoms with Crippen LogP contribution >= 0.6 is 0 Å². The van der Waals surface area contributed by atoms with Gasteiger partial charge in [0.25, 0.3) is 0 Å². The average Bonchev–Trinajstić information content (AvgIpc) is 2.69. The van der Waals surface area contributed by atoms with Crippen LogP contribution in [0.2, 0.25) is 0 Å². The standard InChI is InChI=1S/C20H30N4O3/c1-17-2-4-18(5-3-17)14-21-19(25)15-22-6-8-24(9-7-22)20(26)16-23-10-12-27-13-11-23/h2-5H,6-16H2,1H3,(H,21,25). The van der Waals surface area contributed by atoms with E-state index in [0.717, 1.165) is 31.7 Å². The Bertz CT molecular complexity index is 621. The average molecular weight is 374 g/mol. The fraction of sp³-hybridized carbons (Fsp3) is 0.600. The van der Waals surface area contributed by atoms with E-state index in [-0.39, 0.29) is 11.8 Å². The Balaban J connectivity index is 1.34. The molecule has 3 rings (SSSR count). The Hall–Kier alpha value is -1.96. The van der Waals surface area contributed by atoms with Gasteiger partial charge in [-0.25, -0.2) is 0 Å². The molecule has 0 spiro atoms. The van der Waals surface area contributed by atoms with Crippen LogP contribution in [0.25, 0.3) is 0 Å². The van der Waals surface area contributed by atoms with Crippen LogP contribution in [-0.2, 0) is 20.9 Å². The molecule has 2 amide bonds. The molecule has 0 radical (unpaired) electrons. The van der Waals surface area contributed by atoms with E-state index in [1.165, 1.54) is 5.56 Å². The summed E-state index contributed by atoms with van der Waals surface area (Å²) in [4.78, 5) is 30.8. The van der Waals surface area contributed by atoms with Crippen molar-refractivity contribution in [1.82, 2.24) is 20.0 Å². The summed E-state index contributed by atoms with van der Waals surface area (Å²) in [6.45, 7) is 9.39. The summed E-state index contributed by atoms with van der Waals surface area (Å²) in [5.74, 6) is 0.212. The summed E-state index contributed by atoms with van der Waals surface area (Å²) < 4.78 is 5.32. The maximum absolute atomic E-state index is 12.4. The van der Waals surface area contributed by atoms with Crippen molar-refractivity contribution < 1.29 is 14.3 Å². The molecular formula is C20H30N4O3. The molecule has 0 aromatic heterocycles. The summed E-state index contributed by atoms with van der Waals surface area (Å²) in [5, 5.41) is 2.97. The number of amides is 2. The molecule has 1 aromatic carbocycles. The van der Waals surface area contributed by atoms with Crippen molar-refractivity contribution in [3.8, 4) is 0 Å². The summed E-state index contributed by atoms with van der Waals surface area (Å²) >= 11 is 0. The van der Waals surface area contributed by atoms with Crippen LogP contribution in [0.5, 0.6) is 0 Å². The van der Waals surface area contributed by atoms with Crippen molar-refractivity contribution in [1.29, 1.82) is 0 Å². The van der Waals surface area contributed by atoms with Gasteiger partial charge in [-0.3, -0.25) is 19.4 Å². The second kappa shape index (κ2) is 9.82. The van der Waals surface area contributed by atoms with E-state index in [9.17, 15) is 9.59 Å². The zero-order valence-corrected chi connectivity index (χ0v) is 16.2. The molecule has 2 aliphatic rings. The van der Waals surface area contributed by atoms with Gasteiger partial charge in [-0.05, 0) is 12.5 Å². The smallest absolute Gasteiger partial charge is 0.236 e. The van der Waals surface area contributed by atoms with Crippen molar-refractivity contribution in [2.75, 3.05) is 65.6 Å². The number of morpholine rings is 1. The number of nitrogens with zero attached hydrogens (tertiary/aromatic N) is 3. The number of hydrogen-bond donors (Lipinski definition) is 1. The Morgan fingerprint density at radius 3 is 2.22 bits per heavy atom. The number of carbonyl (C=O) groups excluding carboxylic acids is 2.